The zero-order chi connectivity index (χ0) is 16.4. The lowest BCUT2D eigenvalue weighted by molar-refractivity contribution is -0.135. The van der Waals surface area contributed by atoms with Crippen molar-refractivity contribution in [3.63, 3.8) is 0 Å². The van der Waals surface area contributed by atoms with Gasteiger partial charge in [-0.2, -0.15) is 5.26 Å². The Morgan fingerprint density at radius 3 is 2.96 bits per heavy atom. The fourth-order valence-electron chi connectivity index (χ4n) is 3.03. The van der Waals surface area contributed by atoms with Gasteiger partial charge in [-0.05, 0) is 19.4 Å². The van der Waals surface area contributed by atoms with Crippen molar-refractivity contribution in [1.82, 2.24) is 14.8 Å². The zero-order valence-corrected chi connectivity index (χ0v) is 13.0. The zero-order valence-electron chi connectivity index (χ0n) is 13.0. The number of nitrogens with one attached hydrogen (secondary N) is 1. The average Bonchev–Trinajstić information content (AvgIpc) is 2.69. The minimum Gasteiger partial charge on any atom is -0.354 e. The van der Waals surface area contributed by atoms with E-state index in [1.165, 1.54) is 0 Å². The van der Waals surface area contributed by atoms with E-state index in [9.17, 15) is 14.9 Å². The van der Waals surface area contributed by atoms with Crippen LogP contribution >= 0.6 is 0 Å². The molecule has 2 heterocycles. The number of carbonyl (C=O) groups excluding carboxylic acids is 2. The van der Waals surface area contributed by atoms with Crippen molar-refractivity contribution in [3.8, 4) is 6.07 Å². The van der Waals surface area contributed by atoms with Crippen molar-refractivity contribution in [2.24, 2.45) is 0 Å². The quantitative estimate of drug-likeness (QED) is 0.904. The molecule has 0 atom stereocenters. The molecule has 0 spiro atoms. The second kappa shape index (κ2) is 6.13. The van der Waals surface area contributed by atoms with Gasteiger partial charge >= 0.3 is 0 Å². The standard InChI is InChI=1S/C17H18N4O2/c1-12-14(9-18)13-5-2-3-6-15(13)21(12)11-17(23)20-8-4-7-19-16(22)10-20/h2-3,5-6H,4,7-8,10-11H2,1H3,(H,19,22). The summed E-state index contributed by atoms with van der Waals surface area (Å²) in [5.74, 6) is -0.224. The molecule has 1 aliphatic heterocycles. The van der Waals surface area contributed by atoms with E-state index in [1.807, 2.05) is 35.8 Å². The van der Waals surface area contributed by atoms with Crippen molar-refractivity contribution < 1.29 is 9.59 Å². The molecule has 6 nitrogen and oxygen atoms in total. The number of benzene rings is 1. The summed E-state index contributed by atoms with van der Waals surface area (Å²) in [6, 6.07) is 9.79. The second-order valence-corrected chi connectivity index (χ2v) is 5.69. The first kappa shape index (κ1) is 15.1. The number of nitrogens with zero attached hydrogens (tertiary/aromatic N) is 3. The number of hydrogen-bond acceptors (Lipinski definition) is 3. The maximum Gasteiger partial charge on any atom is 0.242 e. The Morgan fingerprint density at radius 2 is 2.17 bits per heavy atom. The number of para-hydroxylation sites is 1. The summed E-state index contributed by atoms with van der Waals surface area (Å²) in [4.78, 5) is 25.8. The molecule has 0 aliphatic carbocycles. The number of hydrogen-bond donors (Lipinski definition) is 1. The van der Waals surface area contributed by atoms with E-state index in [0.717, 1.165) is 23.0 Å². The largest absolute Gasteiger partial charge is 0.354 e. The summed E-state index contributed by atoms with van der Waals surface area (Å²) in [7, 11) is 0. The molecule has 1 saturated heterocycles. The Kier molecular flexibility index (Phi) is 4.02. The van der Waals surface area contributed by atoms with Gasteiger partial charge < -0.3 is 14.8 Å². The topological polar surface area (TPSA) is 78.1 Å². The lowest BCUT2D eigenvalue weighted by atomic mass is 10.1. The van der Waals surface area contributed by atoms with E-state index in [4.69, 9.17) is 0 Å². The molecule has 0 unspecified atom stereocenters. The molecule has 6 heteroatoms. The van der Waals surface area contributed by atoms with Crippen LogP contribution in [0, 0.1) is 18.3 Å². The molecule has 1 aliphatic rings. The fourth-order valence-corrected chi connectivity index (χ4v) is 3.03. The maximum atomic E-state index is 12.6. The Bertz CT molecular complexity index is 816. The van der Waals surface area contributed by atoms with Gasteiger partial charge in [0.2, 0.25) is 11.8 Å². The minimum atomic E-state index is -0.123. The highest BCUT2D eigenvalue weighted by Crippen LogP contribution is 2.25. The maximum absolute atomic E-state index is 12.6. The van der Waals surface area contributed by atoms with E-state index in [-0.39, 0.29) is 24.9 Å². The molecular formula is C17H18N4O2. The number of rotatable bonds is 2. The Morgan fingerprint density at radius 1 is 1.39 bits per heavy atom. The van der Waals surface area contributed by atoms with Crippen LogP contribution in [0.4, 0.5) is 0 Å². The second-order valence-electron chi connectivity index (χ2n) is 5.69. The van der Waals surface area contributed by atoms with Crippen LogP contribution in [0.25, 0.3) is 10.9 Å². The Balaban J connectivity index is 1.92. The van der Waals surface area contributed by atoms with E-state index in [0.29, 0.717) is 18.7 Å². The summed E-state index contributed by atoms with van der Waals surface area (Å²) in [6.45, 7) is 3.26. The van der Waals surface area contributed by atoms with Crippen LogP contribution in [0.2, 0.25) is 0 Å². The third-order valence-corrected chi connectivity index (χ3v) is 4.25. The SMILES string of the molecule is Cc1c(C#N)c2ccccc2n1CC(=O)N1CCCNC(=O)C1. The number of carbonyl (C=O) groups is 2. The minimum absolute atomic E-state index is 0.0994. The highest BCUT2D eigenvalue weighted by atomic mass is 16.2. The lowest BCUT2D eigenvalue weighted by Crippen LogP contribution is -2.39. The molecule has 1 aromatic carbocycles. The first-order chi connectivity index (χ1) is 11.1. The molecule has 2 amide bonds. The highest BCUT2D eigenvalue weighted by Gasteiger charge is 2.22. The van der Waals surface area contributed by atoms with Crippen LogP contribution in [-0.4, -0.2) is 40.9 Å². The fraction of sp³-hybridized carbons (Fsp3) is 0.353. The number of aromatic nitrogens is 1. The van der Waals surface area contributed by atoms with Gasteiger partial charge in [0, 0.05) is 24.2 Å². The van der Waals surface area contributed by atoms with Gasteiger partial charge in [-0.15, -0.1) is 0 Å². The van der Waals surface area contributed by atoms with Crippen molar-refractivity contribution >= 4 is 22.7 Å². The van der Waals surface area contributed by atoms with Gasteiger partial charge in [0.1, 0.15) is 12.6 Å². The van der Waals surface area contributed by atoms with Crippen molar-refractivity contribution in [2.75, 3.05) is 19.6 Å². The van der Waals surface area contributed by atoms with Gasteiger partial charge in [0.05, 0.1) is 17.6 Å². The third-order valence-electron chi connectivity index (χ3n) is 4.25. The monoisotopic (exact) mass is 310 g/mol. The third kappa shape index (κ3) is 2.78. The van der Waals surface area contributed by atoms with Crippen LogP contribution < -0.4 is 5.32 Å². The summed E-state index contributed by atoms with van der Waals surface area (Å²) >= 11 is 0. The van der Waals surface area contributed by atoms with Crippen LogP contribution in [0.1, 0.15) is 17.7 Å². The van der Waals surface area contributed by atoms with Gasteiger partial charge in [-0.3, -0.25) is 9.59 Å². The van der Waals surface area contributed by atoms with Crippen LogP contribution in [0.15, 0.2) is 24.3 Å². The molecule has 118 valence electrons. The van der Waals surface area contributed by atoms with Gasteiger partial charge in [0.15, 0.2) is 0 Å². The molecule has 0 radical (unpaired) electrons. The lowest BCUT2D eigenvalue weighted by Gasteiger charge is -2.20. The molecule has 2 aromatic rings. The molecular weight excluding hydrogens is 292 g/mol. The summed E-state index contributed by atoms with van der Waals surface area (Å²) in [5, 5.41) is 13.0. The predicted octanol–water partition coefficient (Wildman–Crippen LogP) is 1.17. The predicted molar refractivity (Wildman–Crippen MR) is 85.6 cm³/mol. The Hall–Kier alpha value is -2.81. The molecule has 0 saturated carbocycles. The van der Waals surface area contributed by atoms with E-state index >= 15 is 0 Å². The first-order valence-corrected chi connectivity index (χ1v) is 7.64. The van der Waals surface area contributed by atoms with E-state index in [1.54, 1.807) is 4.90 Å². The summed E-state index contributed by atoms with van der Waals surface area (Å²) in [6.07, 6.45) is 0.756. The van der Waals surface area contributed by atoms with Crippen LogP contribution in [0.3, 0.4) is 0 Å². The normalized spacial score (nSPS) is 15.1. The smallest absolute Gasteiger partial charge is 0.242 e. The number of amides is 2. The molecule has 1 N–H and O–H groups in total. The van der Waals surface area contributed by atoms with Gasteiger partial charge in [-0.1, -0.05) is 18.2 Å². The molecule has 1 fully saturated rings. The van der Waals surface area contributed by atoms with Crippen molar-refractivity contribution in [2.45, 2.75) is 19.9 Å². The first-order valence-electron chi connectivity index (χ1n) is 7.64. The van der Waals surface area contributed by atoms with Gasteiger partial charge in [-0.25, -0.2) is 0 Å². The summed E-state index contributed by atoms with van der Waals surface area (Å²) in [5.41, 5.74) is 2.25. The number of nitriles is 1. The molecule has 0 bridgehead atoms. The van der Waals surface area contributed by atoms with Gasteiger partial charge in [0.25, 0.3) is 0 Å². The van der Waals surface area contributed by atoms with Crippen molar-refractivity contribution in [3.05, 3.63) is 35.5 Å². The highest BCUT2D eigenvalue weighted by molar-refractivity contribution is 5.90. The van der Waals surface area contributed by atoms with Crippen LogP contribution in [0.5, 0.6) is 0 Å². The number of fused-ring (bicyclic) bond motifs is 1. The molecule has 23 heavy (non-hydrogen) atoms. The summed E-state index contributed by atoms with van der Waals surface area (Å²) < 4.78 is 1.86. The van der Waals surface area contributed by atoms with Crippen LogP contribution in [-0.2, 0) is 16.1 Å². The van der Waals surface area contributed by atoms with E-state index < -0.39 is 0 Å². The average molecular weight is 310 g/mol. The van der Waals surface area contributed by atoms with Crippen molar-refractivity contribution in [1.29, 1.82) is 5.26 Å². The molecule has 1 aromatic heterocycles. The Labute approximate surface area is 134 Å². The van der Waals surface area contributed by atoms with E-state index in [2.05, 4.69) is 11.4 Å². The molecule has 3 rings (SSSR count).